The van der Waals surface area contributed by atoms with Crippen LogP contribution in [0.1, 0.15) is 23.8 Å². The Kier molecular flexibility index (Phi) is 1.72. The predicted molar refractivity (Wildman–Crippen MR) is 48.4 cm³/mol. The average molecular weight is 180 g/mol. The molecule has 1 aliphatic rings. The molecule has 3 N–H and O–H groups in total. The Hall–Kier alpha value is -1.52. The van der Waals surface area contributed by atoms with Gasteiger partial charge in [-0.15, -0.1) is 0 Å². The van der Waals surface area contributed by atoms with E-state index < -0.39 is 5.91 Å². The molecule has 0 spiro atoms. The van der Waals surface area contributed by atoms with E-state index in [1.165, 1.54) is 0 Å². The van der Waals surface area contributed by atoms with Gasteiger partial charge in [0.2, 0.25) is 5.95 Å². The molecule has 1 aromatic heterocycles. The van der Waals surface area contributed by atoms with E-state index in [1.54, 1.807) is 6.20 Å². The van der Waals surface area contributed by atoms with Crippen molar-refractivity contribution in [3.63, 3.8) is 0 Å². The monoisotopic (exact) mass is 180 g/mol. The van der Waals surface area contributed by atoms with Crippen molar-refractivity contribution >= 4 is 11.9 Å². The largest absolute Gasteiger partial charge is 0.364 e. The second kappa shape index (κ2) is 2.76. The van der Waals surface area contributed by atoms with Gasteiger partial charge in [0.15, 0.2) is 0 Å². The molecular formula is C8H12N4O. The van der Waals surface area contributed by atoms with Gasteiger partial charge in [0.05, 0.1) is 0 Å². The second-order valence-electron chi connectivity index (χ2n) is 3.34. The van der Waals surface area contributed by atoms with Gasteiger partial charge in [0.25, 0.3) is 5.91 Å². The third-order valence-electron chi connectivity index (χ3n) is 2.21. The topological polar surface area (TPSA) is 72.9 Å². The quantitative estimate of drug-likeness (QED) is 0.647. The molecular weight excluding hydrogens is 168 g/mol. The van der Waals surface area contributed by atoms with E-state index in [1.807, 2.05) is 4.57 Å². The lowest BCUT2D eigenvalue weighted by Gasteiger charge is -2.21. The van der Waals surface area contributed by atoms with Crippen LogP contribution in [0.25, 0.3) is 0 Å². The van der Waals surface area contributed by atoms with Crippen LogP contribution in [0.3, 0.4) is 0 Å². The van der Waals surface area contributed by atoms with Gasteiger partial charge in [0, 0.05) is 18.8 Å². The van der Waals surface area contributed by atoms with Crippen LogP contribution in [-0.2, 0) is 6.54 Å². The fraction of sp³-hybridized carbons (Fsp3) is 0.500. The van der Waals surface area contributed by atoms with Crippen molar-refractivity contribution in [2.24, 2.45) is 5.73 Å². The molecule has 70 valence electrons. The molecule has 1 amide bonds. The first-order chi connectivity index (χ1) is 6.16. The molecule has 0 fully saturated rings. The van der Waals surface area contributed by atoms with Crippen molar-refractivity contribution in [1.82, 2.24) is 9.55 Å². The first kappa shape index (κ1) is 8.10. The van der Waals surface area contributed by atoms with Crippen LogP contribution < -0.4 is 11.1 Å². The van der Waals surface area contributed by atoms with Gasteiger partial charge in [-0.1, -0.05) is 0 Å². The number of rotatable bonds is 1. The van der Waals surface area contributed by atoms with Crippen molar-refractivity contribution in [2.75, 3.05) is 5.32 Å². The fourth-order valence-electron chi connectivity index (χ4n) is 1.45. The highest BCUT2D eigenvalue weighted by Crippen LogP contribution is 2.17. The molecule has 1 aromatic rings. The number of fused-ring (bicyclic) bond motifs is 1. The molecule has 0 radical (unpaired) electrons. The number of carbonyl (C=O) groups excluding carboxylic acids is 1. The smallest absolute Gasteiger partial charge is 0.268 e. The molecule has 0 bridgehead atoms. The zero-order chi connectivity index (χ0) is 9.42. The summed E-state index contributed by atoms with van der Waals surface area (Å²) in [5.74, 6) is 0.268. The summed E-state index contributed by atoms with van der Waals surface area (Å²) in [7, 11) is 0. The molecule has 5 nitrogen and oxygen atoms in total. The molecule has 2 rings (SSSR count). The molecule has 0 aliphatic carbocycles. The Balaban J connectivity index is 2.33. The van der Waals surface area contributed by atoms with Crippen LogP contribution in [0.4, 0.5) is 5.95 Å². The Morgan fingerprint density at radius 3 is 3.31 bits per heavy atom. The molecule has 1 unspecified atom stereocenters. The van der Waals surface area contributed by atoms with Gasteiger partial charge >= 0.3 is 0 Å². The van der Waals surface area contributed by atoms with E-state index in [0.29, 0.717) is 11.7 Å². The molecule has 0 saturated carbocycles. The van der Waals surface area contributed by atoms with Crippen LogP contribution in [0.15, 0.2) is 6.20 Å². The normalized spacial score (nSPS) is 20.5. The van der Waals surface area contributed by atoms with Gasteiger partial charge in [-0.05, 0) is 13.3 Å². The van der Waals surface area contributed by atoms with Crippen molar-refractivity contribution in [2.45, 2.75) is 25.9 Å². The molecule has 1 atom stereocenters. The number of hydrogen-bond donors (Lipinski definition) is 2. The van der Waals surface area contributed by atoms with Crippen molar-refractivity contribution in [3.05, 3.63) is 11.9 Å². The number of aryl methyl sites for hydroxylation is 1. The van der Waals surface area contributed by atoms with Crippen LogP contribution in [0.5, 0.6) is 0 Å². The summed E-state index contributed by atoms with van der Waals surface area (Å²) in [5, 5.41) is 3.18. The summed E-state index contributed by atoms with van der Waals surface area (Å²) >= 11 is 0. The zero-order valence-corrected chi connectivity index (χ0v) is 7.45. The molecule has 2 heterocycles. The number of aromatic nitrogens is 2. The van der Waals surface area contributed by atoms with Crippen molar-refractivity contribution in [1.29, 1.82) is 0 Å². The number of hydrogen-bond acceptors (Lipinski definition) is 3. The standard InChI is InChI=1S/C8H12N4O/c1-5-2-3-12-4-6(7(9)13)11-8(12)10-5/h4-5H,2-3H2,1H3,(H2,9,13)(H,10,11). The van der Waals surface area contributed by atoms with Crippen LogP contribution >= 0.6 is 0 Å². The Morgan fingerprint density at radius 2 is 2.62 bits per heavy atom. The van der Waals surface area contributed by atoms with Crippen LogP contribution in [0.2, 0.25) is 0 Å². The minimum atomic E-state index is -0.476. The minimum absolute atomic E-state index is 0.330. The van der Waals surface area contributed by atoms with E-state index in [2.05, 4.69) is 17.2 Å². The number of nitrogens with one attached hydrogen (secondary N) is 1. The van der Waals surface area contributed by atoms with Gasteiger partial charge < -0.3 is 15.6 Å². The fourth-order valence-corrected chi connectivity index (χ4v) is 1.45. The minimum Gasteiger partial charge on any atom is -0.364 e. The van der Waals surface area contributed by atoms with E-state index in [-0.39, 0.29) is 0 Å². The number of nitrogens with two attached hydrogens (primary N) is 1. The van der Waals surface area contributed by atoms with Gasteiger partial charge in [0.1, 0.15) is 5.69 Å². The maximum Gasteiger partial charge on any atom is 0.268 e. The highest BCUT2D eigenvalue weighted by Gasteiger charge is 2.17. The third-order valence-corrected chi connectivity index (χ3v) is 2.21. The van der Waals surface area contributed by atoms with Crippen molar-refractivity contribution in [3.8, 4) is 0 Å². The molecule has 0 saturated heterocycles. The third kappa shape index (κ3) is 1.37. The maximum atomic E-state index is 10.8. The maximum absolute atomic E-state index is 10.8. The highest BCUT2D eigenvalue weighted by molar-refractivity contribution is 5.91. The zero-order valence-electron chi connectivity index (χ0n) is 7.45. The van der Waals surface area contributed by atoms with E-state index >= 15 is 0 Å². The van der Waals surface area contributed by atoms with Crippen LogP contribution in [-0.4, -0.2) is 21.5 Å². The molecule has 13 heavy (non-hydrogen) atoms. The summed E-state index contributed by atoms with van der Waals surface area (Å²) in [5.41, 5.74) is 5.45. The number of primary amides is 1. The number of imidazole rings is 1. The lowest BCUT2D eigenvalue weighted by Crippen LogP contribution is -2.25. The second-order valence-corrected chi connectivity index (χ2v) is 3.34. The van der Waals surface area contributed by atoms with Gasteiger partial charge in [-0.2, -0.15) is 0 Å². The Morgan fingerprint density at radius 1 is 1.85 bits per heavy atom. The highest BCUT2D eigenvalue weighted by atomic mass is 16.1. The first-order valence-electron chi connectivity index (χ1n) is 4.30. The molecule has 1 aliphatic heterocycles. The van der Waals surface area contributed by atoms with E-state index in [4.69, 9.17) is 5.73 Å². The average Bonchev–Trinajstić information content (AvgIpc) is 2.46. The predicted octanol–water partition coefficient (Wildman–Crippen LogP) is 0.186. The Labute approximate surface area is 75.9 Å². The van der Waals surface area contributed by atoms with Crippen molar-refractivity contribution < 1.29 is 4.79 Å². The first-order valence-corrected chi connectivity index (χ1v) is 4.30. The molecule has 5 heteroatoms. The summed E-state index contributed by atoms with van der Waals surface area (Å²) in [6, 6.07) is 0.413. The SMILES string of the molecule is CC1CCn2cc(C(N)=O)nc2N1. The number of carbonyl (C=O) groups is 1. The van der Waals surface area contributed by atoms with Crippen LogP contribution in [0, 0.1) is 0 Å². The number of amides is 1. The number of nitrogens with zero attached hydrogens (tertiary/aromatic N) is 2. The summed E-state index contributed by atoms with van der Waals surface area (Å²) in [4.78, 5) is 14.9. The summed E-state index contributed by atoms with van der Waals surface area (Å²) < 4.78 is 1.92. The van der Waals surface area contributed by atoms with Gasteiger partial charge in [-0.3, -0.25) is 4.79 Å². The lowest BCUT2D eigenvalue weighted by molar-refractivity contribution is 0.0996. The summed E-state index contributed by atoms with van der Waals surface area (Å²) in [6.07, 6.45) is 2.73. The van der Waals surface area contributed by atoms with Gasteiger partial charge in [-0.25, -0.2) is 4.98 Å². The van der Waals surface area contributed by atoms with E-state index in [9.17, 15) is 4.79 Å². The Bertz CT molecular complexity index is 344. The lowest BCUT2D eigenvalue weighted by atomic mass is 10.2. The summed E-state index contributed by atoms with van der Waals surface area (Å²) in [6.45, 7) is 2.98. The molecule has 0 aromatic carbocycles. The van der Waals surface area contributed by atoms with E-state index in [0.717, 1.165) is 18.9 Å². The number of anilines is 1.